The molecular formula is C31H35ClN2O3. The van der Waals surface area contributed by atoms with Crippen molar-refractivity contribution in [3.8, 4) is 34.1 Å². The molecule has 0 bridgehead atoms. The maximum Gasteiger partial charge on any atom is 0.145 e. The molecule has 6 heteroatoms. The maximum atomic E-state index is 6.62. The van der Waals surface area contributed by atoms with Crippen LogP contribution in [0.3, 0.4) is 0 Å². The Kier molecular flexibility index (Phi) is 9.15. The minimum absolute atomic E-state index is 0. The molecule has 1 saturated heterocycles. The number of fused-ring (bicyclic) bond motifs is 1. The summed E-state index contributed by atoms with van der Waals surface area (Å²) < 4.78 is 17.6. The molecule has 1 fully saturated rings. The van der Waals surface area contributed by atoms with Crippen LogP contribution >= 0.6 is 12.4 Å². The monoisotopic (exact) mass is 518 g/mol. The van der Waals surface area contributed by atoms with Gasteiger partial charge in [-0.05, 0) is 85.4 Å². The lowest BCUT2D eigenvalue weighted by Gasteiger charge is -2.27. The summed E-state index contributed by atoms with van der Waals surface area (Å²) >= 11 is 0. The number of nitrogens with zero attached hydrogens (tertiary/aromatic N) is 1. The SMILES string of the molecule is COc1ccc(-c2c(NCCN3CCCCC3)cc3cc(OC)ccc3c2Oc2ccccc2)cc1.Cl. The average Bonchev–Trinajstić information content (AvgIpc) is 2.94. The van der Waals surface area contributed by atoms with Gasteiger partial charge in [-0.2, -0.15) is 0 Å². The minimum Gasteiger partial charge on any atom is -0.497 e. The number of ether oxygens (including phenoxy) is 3. The summed E-state index contributed by atoms with van der Waals surface area (Å²) in [7, 11) is 3.39. The van der Waals surface area contributed by atoms with Crippen LogP contribution in [0.1, 0.15) is 19.3 Å². The largest absolute Gasteiger partial charge is 0.497 e. The third-order valence-corrected chi connectivity index (χ3v) is 6.83. The van der Waals surface area contributed by atoms with Crippen molar-refractivity contribution in [1.82, 2.24) is 4.90 Å². The van der Waals surface area contributed by atoms with Crippen molar-refractivity contribution >= 4 is 28.9 Å². The Bertz CT molecular complexity index is 1290. The molecule has 1 aliphatic heterocycles. The summed E-state index contributed by atoms with van der Waals surface area (Å²) in [5.41, 5.74) is 3.15. The molecule has 1 heterocycles. The van der Waals surface area contributed by atoms with E-state index in [2.05, 4.69) is 40.5 Å². The van der Waals surface area contributed by atoms with Crippen molar-refractivity contribution in [3.05, 3.63) is 78.9 Å². The van der Waals surface area contributed by atoms with E-state index in [4.69, 9.17) is 14.2 Å². The van der Waals surface area contributed by atoms with Crippen LogP contribution in [0.4, 0.5) is 5.69 Å². The van der Waals surface area contributed by atoms with E-state index < -0.39 is 0 Å². The topological polar surface area (TPSA) is 43.0 Å². The summed E-state index contributed by atoms with van der Waals surface area (Å²) in [4.78, 5) is 2.55. The fourth-order valence-corrected chi connectivity index (χ4v) is 4.91. The van der Waals surface area contributed by atoms with Gasteiger partial charge < -0.3 is 24.4 Å². The standard InChI is InChI=1S/C31H34N2O3.ClH/c1-34-25-13-11-23(12-14-25)30-29(32-17-20-33-18-7-4-8-19-33)22-24-21-27(35-2)15-16-28(24)31(30)36-26-9-5-3-6-10-26;/h3,5-6,9-16,21-22,32H,4,7-8,17-20H2,1-2H3;1H. The third kappa shape index (κ3) is 6.30. The van der Waals surface area contributed by atoms with Gasteiger partial charge >= 0.3 is 0 Å². The summed E-state index contributed by atoms with van der Waals surface area (Å²) in [5.74, 6) is 3.28. The van der Waals surface area contributed by atoms with Gasteiger partial charge in [0, 0.05) is 29.7 Å². The van der Waals surface area contributed by atoms with Crippen molar-refractivity contribution in [2.24, 2.45) is 0 Å². The number of halogens is 1. The highest BCUT2D eigenvalue weighted by Crippen LogP contribution is 2.45. The minimum atomic E-state index is 0. The molecular weight excluding hydrogens is 484 g/mol. The van der Waals surface area contributed by atoms with Crippen LogP contribution in [-0.4, -0.2) is 45.3 Å². The van der Waals surface area contributed by atoms with Gasteiger partial charge in [0.1, 0.15) is 23.0 Å². The van der Waals surface area contributed by atoms with E-state index in [9.17, 15) is 0 Å². The number of hydrogen-bond donors (Lipinski definition) is 1. The summed E-state index contributed by atoms with van der Waals surface area (Å²) in [6, 6.07) is 26.5. The van der Waals surface area contributed by atoms with Crippen LogP contribution in [0.5, 0.6) is 23.0 Å². The summed E-state index contributed by atoms with van der Waals surface area (Å²) in [6.45, 7) is 4.26. The highest BCUT2D eigenvalue weighted by atomic mass is 35.5. The highest BCUT2D eigenvalue weighted by Gasteiger charge is 2.19. The first-order chi connectivity index (χ1) is 17.7. The number of benzene rings is 4. The molecule has 0 spiro atoms. The van der Waals surface area contributed by atoms with Crippen LogP contribution in [0.15, 0.2) is 78.9 Å². The van der Waals surface area contributed by atoms with Crippen LogP contribution in [0.2, 0.25) is 0 Å². The van der Waals surface area contributed by atoms with Gasteiger partial charge in [0.25, 0.3) is 0 Å². The predicted molar refractivity (Wildman–Crippen MR) is 155 cm³/mol. The zero-order chi connectivity index (χ0) is 24.7. The van der Waals surface area contributed by atoms with Crippen LogP contribution < -0.4 is 19.5 Å². The molecule has 4 aromatic rings. The highest BCUT2D eigenvalue weighted by molar-refractivity contribution is 6.02. The molecule has 0 atom stereocenters. The van der Waals surface area contributed by atoms with E-state index in [1.807, 2.05) is 48.5 Å². The Morgan fingerprint density at radius 1 is 0.757 bits per heavy atom. The van der Waals surface area contributed by atoms with Gasteiger partial charge in [0.05, 0.1) is 14.2 Å². The van der Waals surface area contributed by atoms with E-state index in [1.165, 1.54) is 32.4 Å². The van der Waals surface area contributed by atoms with E-state index >= 15 is 0 Å². The number of anilines is 1. The second-order valence-electron chi connectivity index (χ2n) is 9.19. The average molecular weight is 519 g/mol. The Morgan fingerprint density at radius 2 is 1.46 bits per heavy atom. The number of methoxy groups -OCH3 is 2. The molecule has 0 saturated carbocycles. The Balaban J connectivity index is 0.00000320. The Morgan fingerprint density at radius 3 is 2.16 bits per heavy atom. The van der Waals surface area contributed by atoms with Crippen molar-refractivity contribution < 1.29 is 14.2 Å². The summed E-state index contributed by atoms with van der Waals surface area (Å²) in [6.07, 6.45) is 3.93. The first-order valence-electron chi connectivity index (χ1n) is 12.7. The number of hydrogen-bond acceptors (Lipinski definition) is 5. The van der Waals surface area contributed by atoms with Crippen LogP contribution in [-0.2, 0) is 0 Å². The zero-order valence-corrected chi connectivity index (χ0v) is 22.4. The molecule has 0 aliphatic carbocycles. The maximum absolute atomic E-state index is 6.62. The number of likely N-dealkylation sites (tertiary alicyclic amines) is 1. The van der Waals surface area contributed by atoms with E-state index in [-0.39, 0.29) is 12.4 Å². The van der Waals surface area contributed by atoms with Gasteiger partial charge in [0.15, 0.2) is 0 Å². The fraction of sp³-hybridized carbons (Fsp3) is 0.290. The number of para-hydroxylation sites is 1. The van der Waals surface area contributed by atoms with E-state index in [0.717, 1.165) is 63.7 Å². The van der Waals surface area contributed by atoms with E-state index in [0.29, 0.717) is 0 Å². The fourth-order valence-electron chi connectivity index (χ4n) is 4.91. The number of piperidine rings is 1. The van der Waals surface area contributed by atoms with Gasteiger partial charge in [-0.25, -0.2) is 0 Å². The first-order valence-corrected chi connectivity index (χ1v) is 12.7. The molecule has 37 heavy (non-hydrogen) atoms. The molecule has 0 amide bonds. The molecule has 5 nitrogen and oxygen atoms in total. The van der Waals surface area contributed by atoms with Gasteiger partial charge in [-0.15, -0.1) is 12.4 Å². The smallest absolute Gasteiger partial charge is 0.145 e. The molecule has 5 rings (SSSR count). The molecule has 194 valence electrons. The number of rotatable bonds is 9. The van der Waals surface area contributed by atoms with Gasteiger partial charge in [-0.3, -0.25) is 0 Å². The second kappa shape index (κ2) is 12.7. The molecule has 0 radical (unpaired) electrons. The van der Waals surface area contributed by atoms with Crippen molar-refractivity contribution in [2.45, 2.75) is 19.3 Å². The van der Waals surface area contributed by atoms with Crippen molar-refractivity contribution in [3.63, 3.8) is 0 Å². The molecule has 0 unspecified atom stereocenters. The molecule has 0 aromatic heterocycles. The van der Waals surface area contributed by atoms with Crippen LogP contribution in [0, 0.1) is 0 Å². The quantitative estimate of drug-likeness (QED) is 0.246. The lowest BCUT2D eigenvalue weighted by atomic mass is 9.96. The summed E-state index contributed by atoms with van der Waals surface area (Å²) in [5, 5.41) is 5.85. The molecule has 1 aliphatic rings. The lowest BCUT2D eigenvalue weighted by Crippen LogP contribution is -2.33. The molecule has 1 N–H and O–H groups in total. The lowest BCUT2D eigenvalue weighted by molar-refractivity contribution is 0.237. The second-order valence-corrected chi connectivity index (χ2v) is 9.19. The van der Waals surface area contributed by atoms with Crippen molar-refractivity contribution in [2.75, 3.05) is 45.7 Å². The predicted octanol–water partition coefficient (Wildman–Crippen LogP) is 7.64. The third-order valence-electron chi connectivity index (χ3n) is 6.83. The Hall–Kier alpha value is -3.41. The van der Waals surface area contributed by atoms with Crippen molar-refractivity contribution in [1.29, 1.82) is 0 Å². The van der Waals surface area contributed by atoms with Crippen LogP contribution in [0.25, 0.3) is 21.9 Å². The van der Waals surface area contributed by atoms with Gasteiger partial charge in [-0.1, -0.05) is 36.8 Å². The Labute approximate surface area is 225 Å². The number of nitrogens with one attached hydrogen (secondary N) is 1. The molecule has 4 aromatic carbocycles. The van der Waals surface area contributed by atoms with Gasteiger partial charge in [0.2, 0.25) is 0 Å². The van der Waals surface area contributed by atoms with E-state index in [1.54, 1.807) is 14.2 Å². The normalized spacial score (nSPS) is 13.6. The zero-order valence-electron chi connectivity index (χ0n) is 21.5. The first kappa shape index (κ1) is 26.6.